The van der Waals surface area contributed by atoms with Crippen LogP contribution in [-0.2, 0) is 0 Å². The SMILES string of the molecule is O=C(Nn1cnc2scc(-c3ccccc3)c2c1=O)c1ccc2nc[nH]c2c1. The molecule has 0 fully saturated rings. The fraction of sp³-hybridized carbons (Fsp3) is 0. The van der Waals surface area contributed by atoms with Gasteiger partial charge in [0.15, 0.2) is 0 Å². The molecule has 5 rings (SSSR count). The van der Waals surface area contributed by atoms with E-state index in [0.717, 1.165) is 26.8 Å². The maximum Gasteiger partial charge on any atom is 0.281 e. The minimum absolute atomic E-state index is 0.318. The fourth-order valence-corrected chi connectivity index (χ4v) is 4.00. The van der Waals surface area contributed by atoms with Gasteiger partial charge in [-0.25, -0.2) is 14.6 Å². The van der Waals surface area contributed by atoms with Gasteiger partial charge in [-0.3, -0.25) is 15.0 Å². The Bertz CT molecular complexity index is 1380. The molecule has 0 saturated heterocycles. The molecule has 0 atom stereocenters. The van der Waals surface area contributed by atoms with Crippen molar-refractivity contribution < 1.29 is 4.79 Å². The van der Waals surface area contributed by atoms with Crippen LogP contribution in [-0.4, -0.2) is 25.5 Å². The predicted octanol–water partition coefficient (Wildman–Crippen LogP) is 3.39. The van der Waals surface area contributed by atoms with E-state index in [9.17, 15) is 9.59 Å². The number of benzene rings is 2. The van der Waals surface area contributed by atoms with Crippen LogP contribution in [0.4, 0.5) is 0 Å². The zero-order chi connectivity index (χ0) is 19.1. The average Bonchev–Trinajstić information content (AvgIpc) is 3.37. The number of amides is 1. The summed E-state index contributed by atoms with van der Waals surface area (Å²) in [5.41, 5.74) is 5.97. The summed E-state index contributed by atoms with van der Waals surface area (Å²) in [6, 6.07) is 14.7. The standard InChI is InChI=1S/C20H13N5O2S/c26-18(13-6-7-15-16(8-13)22-10-21-15)24-25-11-23-19-17(20(25)27)14(9-28-19)12-4-2-1-3-5-12/h1-11H,(H,21,22)(H,24,26). The van der Waals surface area contributed by atoms with Gasteiger partial charge in [0, 0.05) is 16.5 Å². The van der Waals surface area contributed by atoms with Gasteiger partial charge in [0.1, 0.15) is 11.2 Å². The molecule has 3 aromatic heterocycles. The van der Waals surface area contributed by atoms with Crippen molar-refractivity contribution in [2.75, 3.05) is 5.43 Å². The highest BCUT2D eigenvalue weighted by Crippen LogP contribution is 2.30. The highest BCUT2D eigenvalue weighted by molar-refractivity contribution is 7.17. The number of H-pyrrole nitrogens is 1. The molecule has 0 aliphatic rings. The van der Waals surface area contributed by atoms with Gasteiger partial charge in [-0.2, -0.15) is 0 Å². The molecular formula is C20H13N5O2S. The molecule has 0 radical (unpaired) electrons. The lowest BCUT2D eigenvalue weighted by Crippen LogP contribution is -2.33. The van der Waals surface area contributed by atoms with Gasteiger partial charge < -0.3 is 4.98 Å². The van der Waals surface area contributed by atoms with Gasteiger partial charge in [0.25, 0.3) is 11.5 Å². The van der Waals surface area contributed by atoms with E-state index >= 15 is 0 Å². The van der Waals surface area contributed by atoms with Gasteiger partial charge in [-0.05, 0) is 23.8 Å². The van der Waals surface area contributed by atoms with E-state index in [-0.39, 0.29) is 5.56 Å². The number of fused-ring (bicyclic) bond motifs is 2. The number of aromatic amines is 1. The van der Waals surface area contributed by atoms with Crippen LogP contribution in [0, 0.1) is 0 Å². The highest BCUT2D eigenvalue weighted by Gasteiger charge is 2.15. The quantitative estimate of drug-likeness (QED) is 0.496. The van der Waals surface area contributed by atoms with Crippen molar-refractivity contribution in [3.63, 3.8) is 0 Å². The van der Waals surface area contributed by atoms with Crippen molar-refractivity contribution in [3.05, 3.63) is 82.5 Å². The van der Waals surface area contributed by atoms with E-state index in [2.05, 4.69) is 20.4 Å². The third kappa shape index (κ3) is 2.67. The molecule has 28 heavy (non-hydrogen) atoms. The second-order valence-corrected chi connectivity index (χ2v) is 7.05. The topological polar surface area (TPSA) is 92.7 Å². The van der Waals surface area contributed by atoms with Crippen LogP contribution in [0.15, 0.2) is 71.4 Å². The smallest absolute Gasteiger partial charge is 0.281 e. The number of hydrogen-bond donors (Lipinski definition) is 2. The van der Waals surface area contributed by atoms with Gasteiger partial charge in [0.2, 0.25) is 0 Å². The number of rotatable bonds is 3. The number of nitrogens with one attached hydrogen (secondary N) is 2. The summed E-state index contributed by atoms with van der Waals surface area (Å²) in [6.07, 6.45) is 2.90. The molecule has 1 amide bonds. The molecule has 0 spiro atoms. The van der Waals surface area contributed by atoms with Crippen molar-refractivity contribution in [2.24, 2.45) is 0 Å². The molecular weight excluding hydrogens is 374 g/mol. The van der Waals surface area contributed by atoms with Crippen molar-refractivity contribution in [1.29, 1.82) is 0 Å². The molecule has 0 aliphatic carbocycles. The Labute approximate surface area is 162 Å². The summed E-state index contributed by atoms with van der Waals surface area (Å²) in [4.78, 5) is 37.7. The Morgan fingerprint density at radius 2 is 1.96 bits per heavy atom. The largest absolute Gasteiger partial charge is 0.345 e. The third-order valence-electron chi connectivity index (χ3n) is 4.48. The molecule has 8 heteroatoms. The summed E-state index contributed by atoms with van der Waals surface area (Å²) < 4.78 is 1.13. The van der Waals surface area contributed by atoms with Gasteiger partial charge in [-0.1, -0.05) is 30.3 Å². The van der Waals surface area contributed by atoms with Crippen molar-refractivity contribution in [1.82, 2.24) is 19.6 Å². The zero-order valence-corrected chi connectivity index (χ0v) is 15.2. The molecule has 0 aliphatic heterocycles. The summed E-state index contributed by atoms with van der Waals surface area (Å²) in [5, 5.41) is 2.40. The van der Waals surface area contributed by atoms with E-state index in [1.54, 1.807) is 24.5 Å². The van der Waals surface area contributed by atoms with Crippen molar-refractivity contribution >= 4 is 38.5 Å². The van der Waals surface area contributed by atoms with Crippen LogP contribution in [0.3, 0.4) is 0 Å². The number of carbonyl (C=O) groups is 1. The summed E-state index contributed by atoms with van der Waals surface area (Å²) in [6.45, 7) is 0. The van der Waals surface area contributed by atoms with E-state index < -0.39 is 5.91 Å². The van der Waals surface area contributed by atoms with E-state index in [1.807, 2.05) is 35.7 Å². The number of imidazole rings is 1. The number of nitrogens with zero attached hydrogens (tertiary/aromatic N) is 3. The van der Waals surface area contributed by atoms with E-state index in [0.29, 0.717) is 15.8 Å². The Morgan fingerprint density at radius 1 is 1.11 bits per heavy atom. The summed E-state index contributed by atoms with van der Waals surface area (Å²) in [5.74, 6) is -0.406. The van der Waals surface area contributed by atoms with Crippen molar-refractivity contribution in [2.45, 2.75) is 0 Å². The molecule has 0 unspecified atom stereocenters. The molecule has 136 valence electrons. The number of aromatic nitrogens is 4. The Balaban J connectivity index is 1.55. The van der Waals surface area contributed by atoms with E-state index in [4.69, 9.17) is 0 Å². The number of carbonyl (C=O) groups excluding carboxylic acids is 1. The maximum atomic E-state index is 13.0. The van der Waals surface area contributed by atoms with Gasteiger partial charge in [-0.15, -0.1) is 11.3 Å². The maximum absolute atomic E-state index is 13.0. The average molecular weight is 387 g/mol. The molecule has 5 aromatic rings. The molecule has 0 bridgehead atoms. The molecule has 3 heterocycles. The second-order valence-electron chi connectivity index (χ2n) is 6.19. The molecule has 0 saturated carbocycles. The normalized spacial score (nSPS) is 11.1. The first-order valence-corrected chi connectivity index (χ1v) is 9.37. The van der Waals surface area contributed by atoms with E-state index in [1.165, 1.54) is 17.7 Å². The van der Waals surface area contributed by atoms with Crippen LogP contribution in [0.2, 0.25) is 0 Å². The lowest BCUT2D eigenvalue weighted by atomic mass is 10.1. The number of hydrogen-bond acceptors (Lipinski definition) is 5. The van der Waals surface area contributed by atoms with Crippen LogP contribution in [0.25, 0.3) is 32.4 Å². The first-order valence-electron chi connectivity index (χ1n) is 8.49. The lowest BCUT2D eigenvalue weighted by Gasteiger charge is -2.08. The summed E-state index contributed by atoms with van der Waals surface area (Å²) in [7, 11) is 0. The fourth-order valence-electron chi connectivity index (χ4n) is 3.09. The van der Waals surface area contributed by atoms with Crippen LogP contribution < -0.4 is 11.0 Å². The minimum Gasteiger partial charge on any atom is -0.345 e. The first kappa shape index (κ1) is 16.4. The minimum atomic E-state index is -0.406. The van der Waals surface area contributed by atoms with Gasteiger partial charge in [0.05, 0.1) is 22.7 Å². The predicted molar refractivity (Wildman–Crippen MR) is 109 cm³/mol. The number of thiophene rings is 1. The molecule has 2 aromatic carbocycles. The van der Waals surface area contributed by atoms with Crippen molar-refractivity contribution in [3.8, 4) is 11.1 Å². The molecule has 7 nitrogen and oxygen atoms in total. The molecule has 2 N–H and O–H groups in total. The summed E-state index contributed by atoms with van der Waals surface area (Å²) >= 11 is 1.40. The zero-order valence-electron chi connectivity index (χ0n) is 14.4. The van der Waals surface area contributed by atoms with Crippen LogP contribution >= 0.6 is 11.3 Å². The second kappa shape index (κ2) is 6.43. The third-order valence-corrected chi connectivity index (χ3v) is 5.37. The Hall–Kier alpha value is -3.78. The lowest BCUT2D eigenvalue weighted by molar-refractivity contribution is 0.101. The van der Waals surface area contributed by atoms with Gasteiger partial charge >= 0.3 is 0 Å². The Morgan fingerprint density at radius 3 is 2.82 bits per heavy atom. The van der Waals surface area contributed by atoms with Crippen LogP contribution in [0.1, 0.15) is 10.4 Å². The highest BCUT2D eigenvalue weighted by atomic mass is 32.1. The monoisotopic (exact) mass is 387 g/mol. The van der Waals surface area contributed by atoms with Crippen LogP contribution in [0.5, 0.6) is 0 Å². The Kier molecular flexibility index (Phi) is 3.77. The first-order chi connectivity index (χ1) is 13.7.